The van der Waals surface area contributed by atoms with E-state index in [0.29, 0.717) is 6.54 Å². The molecule has 172 valence electrons. The molecule has 4 rings (SSSR count). The minimum atomic E-state index is -5.08. The Morgan fingerprint density at radius 1 is 1.06 bits per heavy atom. The van der Waals surface area contributed by atoms with E-state index in [9.17, 15) is 17.6 Å². The molecular formula is C22H18F4N4O2S. The Labute approximate surface area is 190 Å². The fraction of sp³-hybridized carbons (Fsp3) is 0.136. The molecule has 0 aliphatic heterocycles. The van der Waals surface area contributed by atoms with Gasteiger partial charge in [0.05, 0.1) is 11.9 Å². The van der Waals surface area contributed by atoms with Gasteiger partial charge in [-0.3, -0.25) is 0 Å². The van der Waals surface area contributed by atoms with Gasteiger partial charge in [0.1, 0.15) is 11.5 Å². The Morgan fingerprint density at radius 2 is 1.76 bits per heavy atom. The van der Waals surface area contributed by atoms with E-state index in [1.165, 1.54) is 12.1 Å². The number of carboxylic acid groups (broad SMARTS) is 1. The Kier molecular flexibility index (Phi) is 7.91. The minimum Gasteiger partial charge on any atom is -0.475 e. The zero-order valence-corrected chi connectivity index (χ0v) is 17.8. The highest BCUT2D eigenvalue weighted by molar-refractivity contribution is 7.08. The van der Waals surface area contributed by atoms with Gasteiger partial charge in [-0.15, -0.1) is 5.10 Å². The first-order valence-corrected chi connectivity index (χ1v) is 10.5. The lowest BCUT2D eigenvalue weighted by Crippen LogP contribution is -2.21. The van der Waals surface area contributed by atoms with Crippen molar-refractivity contribution in [3.8, 4) is 16.9 Å². The molecule has 0 fully saturated rings. The third-order valence-electron chi connectivity index (χ3n) is 4.30. The van der Waals surface area contributed by atoms with E-state index >= 15 is 0 Å². The molecule has 2 aromatic carbocycles. The Hall–Kier alpha value is -3.57. The van der Waals surface area contributed by atoms with Crippen molar-refractivity contribution >= 4 is 17.3 Å². The minimum absolute atomic E-state index is 0.212. The molecule has 11 heteroatoms. The molecule has 2 heterocycles. The van der Waals surface area contributed by atoms with Gasteiger partial charge in [0.25, 0.3) is 0 Å². The van der Waals surface area contributed by atoms with Crippen molar-refractivity contribution in [2.75, 3.05) is 0 Å². The largest absolute Gasteiger partial charge is 0.490 e. The maximum Gasteiger partial charge on any atom is 0.490 e. The lowest BCUT2D eigenvalue weighted by atomic mass is 10.2. The summed E-state index contributed by atoms with van der Waals surface area (Å²) in [5.41, 5.74) is 5.13. The average Bonchev–Trinajstić information content (AvgIpc) is 3.47. The number of carboxylic acids is 1. The summed E-state index contributed by atoms with van der Waals surface area (Å²) in [6.07, 6.45) is -3.15. The monoisotopic (exact) mass is 478 g/mol. The number of thiophene rings is 1. The van der Waals surface area contributed by atoms with Gasteiger partial charge in [-0.25, -0.2) is 13.9 Å². The van der Waals surface area contributed by atoms with Gasteiger partial charge in [-0.05, 0) is 46.8 Å². The number of nitrogens with one attached hydrogen (secondary N) is 1. The third kappa shape index (κ3) is 7.22. The number of hydrogen-bond acceptors (Lipinski definition) is 5. The first-order valence-electron chi connectivity index (χ1n) is 9.52. The third-order valence-corrected chi connectivity index (χ3v) is 4.98. The van der Waals surface area contributed by atoms with Crippen LogP contribution in [0.4, 0.5) is 17.6 Å². The van der Waals surface area contributed by atoms with Crippen LogP contribution in [0, 0.1) is 5.82 Å². The van der Waals surface area contributed by atoms with Crippen LogP contribution in [0.25, 0.3) is 16.9 Å². The standard InChI is InChI=1S/C20H17FN4S.C2HF3O2/c21-18-6-4-15(5-7-18)11-22-12-16-2-1-3-19(10-16)25-13-20(23-24-25)17-8-9-26-14-17;3-2(4,5)1(6)7/h1-10,13-14,22H,11-12H2;(H,6,7). The Morgan fingerprint density at radius 3 is 2.39 bits per heavy atom. The van der Waals surface area contributed by atoms with E-state index in [-0.39, 0.29) is 5.82 Å². The molecule has 0 spiro atoms. The fourth-order valence-electron chi connectivity index (χ4n) is 2.69. The Balaban J connectivity index is 0.000000383. The van der Waals surface area contributed by atoms with Gasteiger partial charge < -0.3 is 10.4 Å². The second kappa shape index (κ2) is 10.8. The number of carbonyl (C=O) groups is 1. The number of rotatable bonds is 6. The van der Waals surface area contributed by atoms with Gasteiger partial charge >= 0.3 is 12.1 Å². The molecule has 0 amide bonds. The molecule has 2 N–H and O–H groups in total. The molecule has 0 aliphatic rings. The normalized spacial score (nSPS) is 11.0. The van der Waals surface area contributed by atoms with Gasteiger partial charge in [-0.1, -0.05) is 29.5 Å². The highest BCUT2D eigenvalue weighted by Crippen LogP contribution is 2.20. The fourth-order valence-corrected chi connectivity index (χ4v) is 3.34. The molecule has 2 aromatic heterocycles. The molecule has 0 aliphatic carbocycles. The summed E-state index contributed by atoms with van der Waals surface area (Å²) in [5, 5.41) is 23.1. The van der Waals surface area contributed by atoms with Gasteiger partial charge in [0.15, 0.2) is 0 Å². The highest BCUT2D eigenvalue weighted by Gasteiger charge is 2.38. The quantitative estimate of drug-likeness (QED) is 0.379. The van der Waals surface area contributed by atoms with Gasteiger partial charge in [0.2, 0.25) is 0 Å². The summed E-state index contributed by atoms with van der Waals surface area (Å²) in [6, 6.07) is 16.8. The van der Waals surface area contributed by atoms with Crippen LogP contribution in [0.3, 0.4) is 0 Å². The molecule has 0 saturated carbocycles. The number of hydrogen-bond donors (Lipinski definition) is 2. The lowest BCUT2D eigenvalue weighted by Gasteiger charge is -2.07. The zero-order valence-electron chi connectivity index (χ0n) is 17.0. The van der Waals surface area contributed by atoms with Crippen molar-refractivity contribution in [2.45, 2.75) is 19.3 Å². The van der Waals surface area contributed by atoms with E-state index < -0.39 is 12.1 Å². The van der Waals surface area contributed by atoms with Crippen molar-refractivity contribution in [3.63, 3.8) is 0 Å². The smallest absolute Gasteiger partial charge is 0.475 e. The van der Waals surface area contributed by atoms with Crippen LogP contribution in [0.2, 0.25) is 0 Å². The van der Waals surface area contributed by atoms with Crippen molar-refractivity contribution in [3.05, 3.63) is 88.5 Å². The average molecular weight is 478 g/mol. The summed E-state index contributed by atoms with van der Waals surface area (Å²) in [7, 11) is 0. The summed E-state index contributed by atoms with van der Waals surface area (Å²) < 4.78 is 46.5. The molecule has 4 aromatic rings. The van der Waals surface area contributed by atoms with Crippen LogP contribution in [-0.4, -0.2) is 32.2 Å². The first-order chi connectivity index (χ1) is 15.7. The number of nitrogens with zero attached hydrogens (tertiary/aromatic N) is 3. The molecule has 0 bridgehead atoms. The summed E-state index contributed by atoms with van der Waals surface area (Å²) in [5.74, 6) is -2.97. The predicted molar refractivity (Wildman–Crippen MR) is 115 cm³/mol. The number of alkyl halides is 3. The molecule has 0 saturated heterocycles. The van der Waals surface area contributed by atoms with E-state index in [0.717, 1.165) is 34.6 Å². The maximum atomic E-state index is 12.9. The van der Waals surface area contributed by atoms with E-state index in [2.05, 4.69) is 33.1 Å². The van der Waals surface area contributed by atoms with Crippen molar-refractivity contribution in [2.24, 2.45) is 0 Å². The number of aromatic nitrogens is 3. The lowest BCUT2D eigenvalue weighted by molar-refractivity contribution is -0.192. The first kappa shape index (κ1) is 24.1. The maximum absolute atomic E-state index is 12.9. The molecule has 0 atom stereocenters. The number of halogens is 4. The van der Waals surface area contributed by atoms with Crippen molar-refractivity contribution in [1.82, 2.24) is 20.3 Å². The topological polar surface area (TPSA) is 80.0 Å². The second-order valence-electron chi connectivity index (χ2n) is 6.76. The van der Waals surface area contributed by atoms with Crippen LogP contribution < -0.4 is 5.32 Å². The van der Waals surface area contributed by atoms with E-state index in [1.54, 1.807) is 28.2 Å². The summed E-state index contributed by atoms with van der Waals surface area (Å²) in [6.45, 7) is 1.41. The van der Waals surface area contributed by atoms with Gasteiger partial charge in [-0.2, -0.15) is 24.5 Å². The van der Waals surface area contributed by atoms with E-state index in [4.69, 9.17) is 9.90 Å². The second-order valence-corrected chi connectivity index (χ2v) is 7.54. The van der Waals surface area contributed by atoms with Crippen molar-refractivity contribution in [1.29, 1.82) is 0 Å². The zero-order chi connectivity index (χ0) is 23.8. The molecule has 0 radical (unpaired) electrons. The Bertz CT molecular complexity index is 1180. The van der Waals surface area contributed by atoms with Crippen LogP contribution >= 0.6 is 11.3 Å². The molecule has 33 heavy (non-hydrogen) atoms. The van der Waals surface area contributed by atoms with E-state index in [1.807, 2.05) is 29.8 Å². The van der Waals surface area contributed by atoms with Crippen LogP contribution in [-0.2, 0) is 17.9 Å². The molecule has 6 nitrogen and oxygen atoms in total. The number of benzene rings is 2. The molecule has 0 unspecified atom stereocenters. The predicted octanol–water partition coefficient (Wildman–Crippen LogP) is 5.06. The van der Waals surface area contributed by atoms with Crippen LogP contribution in [0.5, 0.6) is 0 Å². The summed E-state index contributed by atoms with van der Waals surface area (Å²) in [4.78, 5) is 8.90. The van der Waals surface area contributed by atoms with Crippen molar-refractivity contribution < 1.29 is 27.5 Å². The SMILES string of the molecule is Fc1ccc(CNCc2cccc(-n3cc(-c4ccsc4)nn3)c2)cc1.O=C(O)C(F)(F)F. The van der Waals surface area contributed by atoms with Crippen LogP contribution in [0.1, 0.15) is 11.1 Å². The van der Waals surface area contributed by atoms with Gasteiger partial charge in [0, 0.05) is 24.0 Å². The summed E-state index contributed by atoms with van der Waals surface area (Å²) >= 11 is 1.64. The molecular weight excluding hydrogens is 460 g/mol. The highest BCUT2D eigenvalue weighted by atomic mass is 32.1. The number of aliphatic carboxylic acids is 1. The van der Waals surface area contributed by atoms with Crippen LogP contribution in [0.15, 0.2) is 71.6 Å².